The molecule has 112 valence electrons. The molecule has 0 amide bonds. The molecule has 3 heteroatoms. The number of hydrogen-bond acceptors (Lipinski definition) is 3. The van der Waals surface area contributed by atoms with Gasteiger partial charge < -0.3 is 10.2 Å². The van der Waals surface area contributed by atoms with Crippen molar-refractivity contribution >= 4 is 0 Å². The normalized spacial score (nSPS) is 21.8. The van der Waals surface area contributed by atoms with Crippen molar-refractivity contribution in [2.24, 2.45) is 0 Å². The van der Waals surface area contributed by atoms with Crippen molar-refractivity contribution < 1.29 is 0 Å². The summed E-state index contributed by atoms with van der Waals surface area (Å²) in [6.07, 6.45) is 1.27. The van der Waals surface area contributed by atoms with E-state index < -0.39 is 0 Å². The van der Waals surface area contributed by atoms with Crippen LogP contribution in [0.15, 0.2) is 30.3 Å². The van der Waals surface area contributed by atoms with Crippen molar-refractivity contribution in [2.45, 2.75) is 38.4 Å². The van der Waals surface area contributed by atoms with Crippen LogP contribution in [-0.4, -0.2) is 55.6 Å². The van der Waals surface area contributed by atoms with Crippen molar-refractivity contribution in [2.75, 3.05) is 33.7 Å². The van der Waals surface area contributed by atoms with Gasteiger partial charge >= 0.3 is 0 Å². The van der Waals surface area contributed by atoms with E-state index in [1.807, 2.05) is 0 Å². The van der Waals surface area contributed by atoms with Crippen LogP contribution >= 0.6 is 0 Å². The third kappa shape index (κ3) is 4.05. The first-order chi connectivity index (χ1) is 9.58. The Morgan fingerprint density at radius 1 is 1.25 bits per heavy atom. The smallest absolute Gasteiger partial charge is 0.0466 e. The van der Waals surface area contributed by atoms with Crippen LogP contribution in [0, 0.1) is 0 Å². The number of rotatable bonds is 6. The van der Waals surface area contributed by atoms with E-state index in [0.717, 1.165) is 6.54 Å². The minimum Gasteiger partial charge on any atom is -0.311 e. The monoisotopic (exact) mass is 275 g/mol. The van der Waals surface area contributed by atoms with Crippen molar-refractivity contribution in [3.8, 4) is 0 Å². The van der Waals surface area contributed by atoms with Gasteiger partial charge in [0.05, 0.1) is 0 Å². The summed E-state index contributed by atoms with van der Waals surface area (Å²) >= 11 is 0. The zero-order valence-corrected chi connectivity index (χ0v) is 13.3. The lowest BCUT2D eigenvalue weighted by molar-refractivity contribution is 0.256. The lowest BCUT2D eigenvalue weighted by Crippen LogP contribution is -2.39. The van der Waals surface area contributed by atoms with Gasteiger partial charge in [-0.2, -0.15) is 0 Å². The molecule has 1 heterocycles. The molecule has 20 heavy (non-hydrogen) atoms. The molecule has 1 aromatic carbocycles. The Bertz CT molecular complexity index is 388. The standard InChI is InChI=1S/C17H29N3/c1-14(2)20-11-10-16(13-20)18-12-17(19(3)4)15-8-6-5-7-9-15/h5-9,14,16-18H,10-13H2,1-4H3. The Morgan fingerprint density at radius 2 is 1.95 bits per heavy atom. The molecule has 0 bridgehead atoms. The summed E-state index contributed by atoms with van der Waals surface area (Å²) in [5, 5.41) is 3.76. The molecule has 0 aromatic heterocycles. The maximum atomic E-state index is 3.76. The van der Waals surface area contributed by atoms with Gasteiger partial charge in [-0.1, -0.05) is 30.3 Å². The van der Waals surface area contributed by atoms with Crippen LogP contribution in [0.1, 0.15) is 31.9 Å². The number of hydrogen-bond donors (Lipinski definition) is 1. The predicted octanol–water partition coefficient (Wildman–Crippen LogP) is 2.36. The quantitative estimate of drug-likeness (QED) is 0.860. The van der Waals surface area contributed by atoms with Crippen molar-refractivity contribution in [3.05, 3.63) is 35.9 Å². The number of likely N-dealkylation sites (tertiary alicyclic amines) is 1. The van der Waals surface area contributed by atoms with Gasteiger partial charge in [-0.05, 0) is 46.5 Å². The molecule has 0 spiro atoms. The second-order valence-electron chi connectivity index (χ2n) is 6.37. The highest BCUT2D eigenvalue weighted by atomic mass is 15.2. The van der Waals surface area contributed by atoms with Crippen LogP contribution in [0.5, 0.6) is 0 Å². The largest absolute Gasteiger partial charge is 0.311 e. The fraction of sp³-hybridized carbons (Fsp3) is 0.647. The molecule has 1 aliphatic rings. The average Bonchev–Trinajstić information content (AvgIpc) is 2.89. The maximum absolute atomic E-state index is 3.76. The molecule has 1 aliphatic heterocycles. The van der Waals surface area contributed by atoms with Gasteiger partial charge in [0.1, 0.15) is 0 Å². The van der Waals surface area contributed by atoms with Crippen molar-refractivity contribution in [1.82, 2.24) is 15.1 Å². The molecule has 1 N–H and O–H groups in total. The zero-order valence-electron chi connectivity index (χ0n) is 13.3. The molecule has 0 aliphatic carbocycles. The lowest BCUT2D eigenvalue weighted by atomic mass is 10.1. The fourth-order valence-electron chi connectivity index (χ4n) is 2.97. The van der Waals surface area contributed by atoms with Gasteiger partial charge in [0.25, 0.3) is 0 Å². The van der Waals surface area contributed by atoms with Gasteiger partial charge in [0.2, 0.25) is 0 Å². The fourth-order valence-corrected chi connectivity index (χ4v) is 2.97. The molecular weight excluding hydrogens is 246 g/mol. The molecule has 0 saturated carbocycles. The van der Waals surface area contributed by atoms with Gasteiger partial charge in [-0.25, -0.2) is 0 Å². The average molecular weight is 275 g/mol. The molecule has 2 rings (SSSR count). The van der Waals surface area contributed by atoms with E-state index in [9.17, 15) is 0 Å². The van der Waals surface area contributed by atoms with Crippen molar-refractivity contribution in [3.63, 3.8) is 0 Å². The van der Waals surface area contributed by atoms with Crippen LogP contribution < -0.4 is 5.32 Å². The van der Waals surface area contributed by atoms with E-state index in [1.54, 1.807) is 0 Å². The SMILES string of the molecule is CC(C)N1CCC(NCC(c2ccccc2)N(C)C)C1. The molecule has 1 saturated heterocycles. The van der Waals surface area contributed by atoms with Gasteiger partial charge in [0.15, 0.2) is 0 Å². The number of nitrogens with zero attached hydrogens (tertiary/aromatic N) is 2. The molecule has 1 fully saturated rings. The van der Waals surface area contributed by atoms with Crippen LogP contribution in [0.3, 0.4) is 0 Å². The highest BCUT2D eigenvalue weighted by Gasteiger charge is 2.25. The van der Waals surface area contributed by atoms with E-state index in [2.05, 4.69) is 73.4 Å². The van der Waals surface area contributed by atoms with Gasteiger partial charge in [0, 0.05) is 31.2 Å². The minimum atomic E-state index is 0.448. The number of benzene rings is 1. The summed E-state index contributed by atoms with van der Waals surface area (Å²) in [7, 11) is 4.32. The van der Waals surface area contributed by atoms with E-state index in [4.69, 9.17) is 0 Å². The first-order valence-electron chi connectivity index (χ1n) is 7.76. The second kappa shape index (κ2) is 7.21. The highest BCUT2D eigenvalue weighted by molar-refractivity contribution is 5.19. The van der Waals surface area contributed by atoms with Crippen LogP contribution in [0.4, 0.5) is 0 Å². The Labute approximate surface area is 124 Å². The first kappa shape index (κ1) is 15.5. The van der Waals surface area contributed by atoms with E-state index in [1.165, 1.54) is 25.1 Å². The minimum absolute atomic E-state index is 0.448. The van der Waals surface area contributed by atoms with Gasteiger partial charge in [-0.3, -0.25) is 4.90 Å². The summed E-state index contributed by atoms with van der Waals surface area (Å²) in [5.41, 5.74) is 1.39. The third-order valence-corrected chi connectivity index (χ3v) is 4.36. The molecule has 2 unspecified atom stereocenters. The summed E-state index contributed by atoms with van der Waals surface area (Å²) in [6.45, 7) is 8.01. The molecular formula is C17H29N3. The van der Waals surface area contributed by atoms with Crippen LogP contribution in [-0.2, 0) is 0 Å². The Morgan fingerprint density at radius 3 is 2.50 bits per heavy atom. The van der Waals surface area contributed by atoms with E-state index in [-0.39, 0.29) is 0 Å². The van der Waals surface area contributed by atoms with Crippen LogP contribution in [0.2, 0.25) is 0 Å². The topological polar surface area (TPSA) is 18.5 Å². The summed E-state index contributed by atoms with van der Waals surface area (Å²) in [6, 6.07) is 12.5. The zero-order chi connectivity index (χ0) is 14.5. The summed E-state index contributed by atoms with van der Waals surface area (Å²) < 4.78 is 0. The lowest BCUT2D eigenvalue weighted by Gasteiger charge is -2.27. The van der Waals surface area contributed by atoms with Crippen LogP contribution in [0.25, 0.3) is 0 Å². The predicted molar refractivity (Wildman–Crippen MR) is 86.0 cm³/mol. The van der Waals surface area contributed by atoms with Gasteiger partial charge in [-0.15, -0.1) is 0 Å². The van der Waals surface area contributed by atoms with E-state index in [0.29, 0.717) is 18.1 Å². The molecule has 3 nitrogen and oxygen atoms in total. The maximum Gasteiger partial charge on any atom is 0.0466 e. The first-order valence-corrected chi connectivity index (χ1v) is 7.76. The number of likely N-dealkylation sites (N-methyl/N-ethyl adjacent to an activating group) is 1. The summed E-state index contributed by atoms with van der Waals surface area (Å²) in [4.78, 5) is 4.86. The summed E-state index contributed by atoms with van der Waals surface area (Å²) in [5.74, 6) is 0. The highest BCUT2D eigenvalue weighted by Crippen LogP contribution is 2.18. The molecule has 0 radical (unpaired) electrons. The van der Waals surface area contributed by atoms with Crippen molar-refractivity contribution in [1.29, 1.82) is 0 Å². The second-order valence-corrected chi connectivity index (χ2v) is 6.37. The third-order valence-electron chi connectivity index (χ3n) is 4.36. The Kier molecular flexibility index (Phi) is 5.58. The molecule has 1 aromatic rings. The molecule has 2 atom stereocenters. The van der Waals surface area contributed by atoms with E-state index >= 15 is 0 Å². The number of nitrogens with one attached hydrogen (secondary N) is 1. The Hall–Kier alpha value is -0.900. The Balaban J connectivity index is 1.88.